The normalized spacial score (nSPS) is 29.0. The van der Waals surface area contributed by atoms with E-state index in [9.17, 15) is 34.8 Å². The second kappa shape index (κ2) is 13.5. The predicted octanol–water partition coefficient (Wildman–Crippen LogP) is 3.40. The van der Waals surface area contributed by atoms with Crippen molar-refractivity contribution in [2.75, 3.05) is 20.2 Å². The summed E-state index contributed by atoms with van der Waals surface area (Å²) in [6.07, 6.45) is 1.79. The Kier molecular flexibility index (Phi) is 10.0. The maximum absolute atomic E-state index is 13.9. The topological polar surface area (TPSA) is 175 Å². The number of phenols is 2. The standard InChI is InChI=1S/C34H40N2O10.ClH/c1-17-29(38)21(35-16-36-11-6-4-5-7-12-36)13-24(45-17)46-23-15-34(43,18(2)37)14-20-26(23)33(42)28-27(31(20)40)30(39)19-9-8-10-22(44-3)25(19)32(28)41;/h8-10,16-17,21,23-24,29,38,40,42-43H,4-7,11-15H2,1-3H3;1H/t17?,21-,23-,24?,29?,34?;/m0./s1. The van der Waals surface area contributed by atoms with Gasteiger partial charge in [-0.05, 0) is 32.8 Å². The minimum absolute atomic E-state index is 0. The van der Waals surface area contributed by atoms with Gasteiger partial charge < -0.3 is 39.5 Å². The van der Waals surface area contributed by atoms with Crippen molar-refractivity contribution in [1.29, 1.82) is 0 Å². The molecule has 2 fully saturated rings. The van der Waals surface area contributed by atoms with Gasteiger partial charge in [0.25, 0.3) is 0 Å². The third-order valence-corrected chi connectivity index (χ3v) is 9.78. The van der Waals surface area contributed by atoms with Gasteiger partial charge in [-0.3, -0.25) is 19.4 Å². The lowest BCUT2D eigenvalue weighted by atomic mass is 9.72. The summed E-state index contributed by atoms with van der Waals surface area (Å²) in [5.74, 6) is -3.11. The molecule has 254 valence electrons. The summed E-state index contributed by atoms with van der Waals surface area (Å²) in [5.41, 5.74) is -2.98. The van der Waals surface area contributed by atoms with Gasteiger partial charge in [0.05, 0.1) is 48.4 Å². The number of fused-ring (bicyclic) bond motifs is 3. The van der Waals surface area contributed by atoms with Gasteiger partial charge in [0.2, 0.25) is 5.78 Å². The monoisotopic (exact) mass is 672 g/mol. The number of ether oxygens (including phenoxy) is 3. The van der Waals surface area contributed by atoms with Crippen molar-refractivity contribution in [3.8, 4) is 17.2 Å². The molecule has 0 spiro atoms. The number of hydrogen-bond acceptors (Lipinski definition) is 11. The maximum atomic E-state index is 13.9. The highest BCUT2D eigenvalue weighted by Gasteiger charge is 2.49. The smallest absolute Gasteiger partial charge is 0.202 e. The zero-order valence-electron chi connectivity index (χ0n) is 26.6. The van der Waals surface area contributed by atoms with Gasteiger partial charge in [-0.15, -0.1) is 12.4 Å². The van der Waals surface area contributed by atoms with Crippen LogP contribution in [-0.2, 0) is 20.7 Å². The van der Waals surface area contributed by atoms with E-state index in [0.29, 0.717) is 0 Å². The van der Waals surface area contributed by atoms with Crippen LogP contribution in [0.25, 0.3) is 0 Å². The van der Waals surface area contributed by atoms with Gasteiger partial charge in [0.15, 0.2) is 17.9 Å². The number of rotatable bonds is 6. The first kappa shape index (κ1) is 34.8. The number of carbonyl (C=O) groups is 3. The quantitative estimate of drug-likeness (QED) is 0.172. The molecule has 4 unspecified atom stereocenters. The van der Waals surface area contributed by atoms with E-state index in [-0.39, 0.29) is 53.3 Å². The van der Waals surface area contributed by atoms with Gasteiger partial charge in [-0.2, -0.15) is 0 Å². The van der Waals surface area contributed by atoms with E-state index < -0.39 is 82.6 Å². The molecule has 12 nitrogen and oxygen atoms in total. The first-order valence-electron chi connectivity index (χ1n) is 15.8. The molecular formula is C34H41ClN2O10. The van der Waals surface area contributed by atoms with Crippen LogP contribution in [0.5, 0.6) is 17.2 Å². The molecule has 2 saturated heterocycles. The molecule has 47 heavy (non-hydrogen) atoms. The number of halogens is 1. The number of benzene rings is 2. The molecule has 0 amide bonds. The van der Waals surface area contributed by atoms with Crippen molar-refractivity contribution < 1.29 is 49.0 Å². The fourth-order valence-electron chi connectivity index (χ4n) is 7.14. The van der Waals surface area contributed by atoms with Crippen LogP contribution in [-0.4, -0.2) is 99.4 Å². The summed E-state index contributed by atoms with van der Waals surface area (Å²) in [7, 11) is 1.35. The average molecular weight is 673 g/mol. The van der Waals surface area contributed by atoms with E-state index in [1.807, 2.05) is 0 Å². The third-order valence-electron chi connectivity index (χ3n) is 9.78. The number of carbonyl (C=O) groups excluding carboxylic acids is 3. The van der Waals surface area contributed by atoms with Crippen molar-refractivity contribution in [1.82, 2.24) is 4.90 Å². The molecule has 13 heteroatoms. The zero-order chi connectivity index (χ0) is 32.9. The van der Waals surface area contributed by atoms with E-state index in [2.05, 4.69) is 9.89 Å². The molecule has 0 radical (unpaired) electrons. The van der Waals surface area contributed by atoms with Crippen molar-refractivity contribution in [2.45, 2.75) is 95.0 Å². The number of Topliss-reactive ketones (excluding diaryl/α,β-unsaturated/α-hetero) is 1. The van der Waals surface area contributed by atoms with Crippen LogP contribution < -0.4 is 4.74 Å². The van der Waals surface area contributed by atoms with Gasteiger partial charge >= 0.3 is 0 Å². The van der Waals surface area contributed by atoms with Gasteiger partial charge in [0.1, 0.15) is 29.0 Å². The van der Waals surface area contributed by atoms with E-state index in [1.165, 1.54) is 32.2 Å². The van der Waals surface area contributed by atoms with Gasteiger partial charge in [0, 0.05) is 49.0 Å². The lowest BCUT2D eigenvalue weighted by Gasteiger charge is -2.42. The van der Waals surface area contributed by atoms with Crippen LogP contribution in [0.1, 0.15) is 101 Å². The highest BCUT2D eigenvalue weighted by atomic mass is 35.5. The summed E-state index contributed by atoms with van der Waals surface area (Å²) in [6.45, 7) is 4.65. The Morgan fingerprint density at radius 2 is 1.74 bits per heavy atom. The fraction of sp³-hybridized carbons (Fsp3) is 0.529. The van der Waals surface area contributed by atoms with Crippen molar-refractivity contribution in [3.63, 3.8) is 0 Å². The number of likely N-dealkylation sites (tertiary alicyclic amines) is 1. The maximum Gasteiger partial charge on any atom is 0.202 e. The Bertz CT molecular complexity index is 1600. The molecule has 2 aromatic rings. The number of aliphatic hydroxyl groups is 2. The molecule has 6 rings (SSSR count). The second-order valence-electron chi connectivity index (χ2n) is 12.8. The Labute approximate surface area is 278 Å². The number of nitrogens with zero attached hydrogens (tertiary/aromatic N) is 2. The molecule has 6 atom stereocenters. The molecule has 2 heterocycles. The van der Waals surface area contributed by atoms with Crippen LogP contribution in [0.4, 0.5) is 0 Å². The van der Waals surface area contributed by atoms with Crippen LogP contribution >= 0.6 is 12.4 Å². The van der Waals surface area contributed by atoms with Crippen LogP contribution in [0.3, 0.4) is 0 Å². The summed E-state index contributed by atoms with van der Waals surface area (Å²) in [6, 6.07) is 3.90. The van der Waals surface area contributed by atoms with Crippen molar-refractivity contribution >= 4 is 36.1 Å². The van der Waals surface area contributed by atoms with Gasteiger partial charge in [-0.25, -0.2) is 0 Å². The molecule has 2 aromatic carbocycles. The van der Waals surface area contributed by atoms with E-state index in [0.717, 1.165) is 38.8 Å². The van der Waals surface area contributed by atoms with E-state index in [1.54, 1.807) is 13.3 Å². The number of methoxy groups -OCH3 is 1. The average Bonchev–Trinajstić information content (AvgIpc) is 3.31. The lowest BCUT2D eigenvalue weighted by molar-refractivity contribution is -0.246. The molecule has 2 aliphatic carbocycles. The van der Waals surface area contributed by atoms with E-state index in [4.69, 9.17) is 14.2 Å². The Morgan fingerprint density at radius 1 is 1.06 bits per heavy atom. The molecule has 0 bridgehead atoms. The Morgan fingerprint density at radius 3 is 2.40 bits per heavy atom. The Balaban J connectivity index is 0.00000433. The fourth-order valence-corrected chi connectivity index (χ4v) is 7.14. The third kappa shape index (κ3) is 6.13. The number of hydrogen-bond donors (Lipinski definition) is 4. The SMILES string of the molecule is COc1cccc2c1C(=O)c1c(O)c3c(c(O)c1C2=O)CC(O)(C(C)=O)C[C@@H]3OC1C[C@H](N=CN2CCCCCC2)C(O)C(C)O1.Cl. The molecular weight excluding hydrogens is 632 g/mol. The number of phenolic OH excluding ortho intramolecular Hbond substituents is 2. The second-order valence-corrected chi connectivity index (χ2v) is 12.8. The molecule has 0 saturated carbocycles. The first-order chi connectivity index (χ1) is 21.9. The number of ketones is 3. The number of aliphatic hydroxyl groups excluding tert-OH is 1. The minimum Gasteiger partial charge on any atom is -0.507 e. The molecule has 0 aromatic heterocycles. The van der Waals surface area contributed by atoms with Crippen molar-refractivity contribution in [2.24, 2.45) is 4.99 Å². The van der Waals surface area contributed by atoms with Gasteiger partial charge in [-0.1, -0.05) is 25.0 Å². The van der Waals surface area contributed by atoms with Crippen LogP contribution in [0, 0.1) is 0 Å². The molecule has 4 aliphatic rings. The molecule has 4 N–H and O–H groups in total. The Hall–Kier alpha value is -3.55. The summed E-state index contributed by atoms with van der Waals surface area (Å²) in [5, 5.41) is 45.6. The largest absolute Gasteiger partial charge is 0.507 e. The zero-order valence-corrected chi connectivity index (χ0v) is 27.4. The summed E-state index contributed by atoms with van der Waals surface area (Å²) in [4.78, 5) is 47.1. The summed E-state index contributed by atoms with van der Waals surface area (Å²) >= 11 is 0. The van der Waals surface area contributed by atoms with Crippen LogP contribution in [0.2, 0.25) is 0 Å². The highest BCUT2D eigenvalue weighted by Crippen LogP contribution is 2.52. The highest BCUT2D eigenvalue weighted by molar-refractivity contribution is 6.31. The first-order valence-corrected chi connectivity index (χ1v) is 15.8. The summed E-state index contributed by atoms with van der Waals surface area (Å²) < 4.78 is 17.7. The predicted molar refractivity (Wildman–Crippen MR) is 172 cm³/mol. The van der Waals surface area contributed by atoms with E-state index >= 15 is 0 Å². The number of aliphatic imine (C=N–C) groups is 1. The molecule has 2 aliphatic heterocycles. The minimum atomic E-state index is -2.01. The number of aromatic hydroxyl groups is 2. The van der Waals surface area contributed by atoms with Crippen molar-refractivity contribution in [3.05, 3.63) is 51.6 Å². The van der Waals surface area contributed by atoms with Crippen LogP contribution in [0.15, 0.2) is 23.2 Å². The lowest BCUT2D eigenvalue weighted by Crippen LogP contribution is -2.49.